The van der Waals surface area contributed by atoms with Gasteiger partial charge in [0.1, 0.15) is 0 Å². The molecule has 0 amide bonds. The second kappa shape index (κ2) is 9.58. The normalized spacial score (nSPS) is 17.8. The first-order chi connectivity index (χ1) is 12.8. The first-order valence-electron chi connectivity index (χ1n) is 9.89. The van der Waals surface area contributed by atoms with Crippen molar-refractivity contribution in [2.45, 2.75) is 26.7 Å². The number of fused-ring (bicyclic) bond motifs is 1. The Morgan fingerprint density at radius 2 is 2.04 bits per heavy atom. The molecule has 1 heterocycles. The van der Waals surface area contributed by atoms with Crippen molar-refractivity contribution in [1.29, 1.82) is 0 Å². The Kier molecular flexibility index (Phi) is 6.89. The standard InChI is InChI=1S/C22H31N3O/c1-3-23-22(25-15-13-18(16-25)17-26-4-2)24-14-12-20-10-7-9-19-8-5-6-11-21(19)20/h5-11,18H,3-4,12-17H2,1-2H3,(H,23,24). The van der Waals surface area contributed by atoms with Crippen LogP contribution >= 0.6 is 0 Å². The molecule has 140 valence electrons. The van der Waals surface area contributed by atoms with Crippen LogP contribution in [0.15, 0.2) is 47.5 Å². The van der Waals surface area contributed by atoms with Gasteiger partial charge >= 0.3 is 0 Å². The minimum Gasteiger partial charge on any atom is -0.381 e. The number of nitrogens with zero attached hydrogens (tertiary/aromatic N) is 2. The maximum atomic E-state index is 5.60. The molecule has 1 atom stereocenters. The van der Waals surface area contributed by atoms with Crippen LogP contribution in [0.1, 0.15) is 25.8 Å². The molecule has 0 aromatic heterocycles. The van der Waals surface area contributed by atoms with E-state index in [1.807, 2.05) is 0 Å². The minimum absolute atomic E-state index is 0.622. The van der Waals surface area contributed by atoms with Crippen molar-refractivity contribution in [1.82, 2.24) is 10.2 Å². The van der Waals surface area contributed by atoms with Crippen molar-refractivity contribution in [3.63, 3.8) is 0 Å². The molecule has 2 aromatic rings. The Hall–Kier alpha value is -2.07. The van der Waals surface area contributed by atoms with E-state index < -0.39 is 0 Å². The number of hydrogen-bond donors (Lipinski definition) is 1. The molecule has 4 heteroatoms. The molecule has 1 N–H and O–H groups in total. The summed E-state index contributed by atoms with van der Waals surface area (Å²) in [5.41, 5.74) is 1.37. The van der Waals surface area contributed by atoms with Crippen molar-refractivity contribution in [2.75, 3.05) is 39.4 Å². The van der Waals surface area contributed by atoms with Crippen molar-refractivity contribution in [3.8, 4) is 0 Å². The van der Waals surface area contributed by atoms with E-state index in [2.05, 4.69) is 66.5 Å². The van der Waals surface area contributed by atoms with Gasteiger partial charge in [-0.2, -0.15) is 0 Å². The maximum absolute atomic E-state index is 5.60. The quantitative estimate of drug-likeness (QED) is 0.609. The number of hydrogen-bond acceptors (Lipinski definition) is 2. The molecular formula is C22H31N3O. The Labute approximate surface area is 157 Å². The highest BCUT2D eigenvalue weighted by molar-refractivity contribution is 5.85. The SMILES string of the molecule is CCNC(=NCCc1cccc2ccccc12)N1CCC(COCC)C1. The van der Waals surface area contributed by atoms with Crippen molar-refractivity contribution in [2.24, 2.45) is 10.9 Å². The fraction of sp³-hybridized carbons (Fsp3) is 0.500. The van der Waals surface area contributed by atoms with E-state index in [1.165, 1.54) is 22.8 Å². The monoisotopic (exact) mass is 353 g/mol. The summed E-state index contributed by atoms with van der Waals surface area (Å²) in [6, 6.07) is 15.1. The van der Waals surface area contributed by atoms with Gasteiger partial charge in [0.05, 0.1) is 6.61 Å². The van der Waals surface area contributed by atoms with Gasteiger partial charge < -0.3 is 15.0 Å². The molecule has 1 aliphatic rings. The van der Waals surface area contributed by atoms with Crippen molar-refractivity contribution < 1.29 is 4.74 Å². The molecule has 4 nitrogen and oxygen atoms in total. The van der Waals surface area contributed by atoms with Gasteiger partial charge in [-0.25, -0.2) is 0 Å². The Bertz CT molecular complexity index is 723. The van der Waals surface area contributed by atoms with Gasteiger partial charge in [0, 0.05) is 38.7 Å². The molecule has 1 unspecified atom stereocenters. The average molecular weight is 354 g/mol. The van der Waals surface area contributed by atoms with Gasteiger partial charge in [-0.15, -0.1) is 0 Å². The summed E-state index contributed by atoms with van der Waals surface area (Å²) in [5, 5.41) is 6.11. The number of nitrogens with one attached hydrogen (secondary N) is 1. The van der Waals surface area contributed by atoms with Gasteiger partial charge in [-0.05, 0) is 43.0 Å². The van der Waals surface area contributed by atoms with E-state index in [0.717, 1.165) is 51.8 Å². The van der Waals surface area contributed by atoms with Crippen molar-refractivity contribution in [3.05, 3.63) is 48.0 Å². The summed E-state index contributed by atoms with van der Waals surface area (Å²) in [5.74, 6) is 1.67. The van der Waals surface area contributed by atoms with Gasteiger partial charge in [0.2, 0.25) is 0 Å². The first-order valence-corrected chi connectivity index (χ1v) is 9.89. The van der Waals surface area contributed by atoms with Gasteiger partial charge in [0.15, 0.2) is 5.96 Å². The smallest absolute Gasteiger partial charge is 0.193 e. The van der Waals surface area contributed by atoms with E-state index in [0.29, 0.717) is 5.92 Å². The highest BCUT2D eigenvalue weighted by Crippen LogP contribution is 2.19. The number of rotatable bonds is 7. The lowest BCUT2D eigenvalue weighted by Gasteiger charge is -2.21. The second-order valence-electron chi connectivity index (χ2n) is 6.88. The summed E-state index contributed by atoms with van der Waals surface area (Å²) in [6.07, 6.45) is 2.15. The number of ether oxygens (including phenoxy) is 1. The predicted molar refractivity (Wildman–Crippen MR) is 110 cm³/mol. The fourth-order valence-corrected chi connectivity index (χ4v) is 3.66. The van der Waals surface area contributed by atoms with Gasteiger partial charge in [-0.1, -0.05) is 42.5 Å². The van der Waals surface area contributed by atoms with Crippen LogP contribution in [0.5, 0.6) is 0 Å². The molecule has 0 saturated carbocycles. The zero-order valence-corrected chi connectivity index (χ0v) is 16.1. The maximum Gasteiger partial charge on any atom is 0.193 e. The number of benzene rings is 2. The summed E-state index contributed by atoms with van der Waals surface area (Å²) in [7, 11) is 0. The third kappa shape index (κ3) is 4.76. The minimum atomic E-state index is 0.622. The fourth-order valence-electron chi connectivity index (χ4n) is 3.66. The summed E-state index contributed by atoms with van der Waals surface area (Å²) in [6.45, 7) is 9.68. The molecule has 1 fully saturated rings. The number of aliphatic imine (C=N–C) groups is 1. The average Bonchev–Trinajstić information content (AvgIpc) is 3.14. The third-order valence-corrected chi connectivity index (χ3v) is 5.00. The number of guanidine groups is 1. The van der Waals surface area contributed by atoms with E-state index in [4.69, 9.17) is 9.73 Å². The zero-order valence-electron chi connectivity index (χ0n) is 16.1. The lowest BCUT2D eigenvalue weighted by Crippen LogP contribution is -2.40. The molecule has 0 bridgehead atoms. The molecule has 1 saturated heterocycles. The molecule has 0 aliphatic carbocycles. The van der Waals surface area contributed by atoms with Gasteiger partial charge in [0.25, 0.3) is 0 Å². The van der Waals surface area contributed by atoms with Crippen LogP contribution in [0.2, 0.25) is 0 Å². The highest BCUT2D eigenvalue weighted by atomic mass is 16.5. The van der Waals surface area contributed by atoms with Crippen LogP contribution in [0.25, 0.3) is 10.8 Å². The van der Waals surface area contributed by atoms with E-state index in [-0.39, 0.29) is 0 Å². The van der Waals surface area contributed by atoms with E-state index in [9.17, 15) is 0 Å². The first kappa shape index (κ1) is 18.7. The van der Waals surface area contributed by atoms with E-state index in [1.54, 1.807) is 0 Å². The van der Waals surface area contributed by atoms with Crippen LogP contribution in [0, 0.1) is 5.92 Å². The third-order valence-electron chi connectivity index (χ3n) is 5.00. The largest absolute Gasteiger partial charge is 0.381 e. The van der Waals surface area contributed by atoms with Crippen molar-refractivity contribution >= 4 is 16.7 Å². The topological polar surface area (TPSA) is 36.9 Å². The zero-order chi connectivity index (χ0) is 18.2. The molecule has 0 spiro atoms. The van der Waals surface area contributed by atoms with Gasteiger partial charge in [-0.3, -0.25) is 4.99 Å². The Morgan fingerprint density at radius 1 is 1.19 bits per heavy atom. The van der Waals surface area contributed by atoms with Crippen LogP contribution in [-0.2, 0) is 11.2 Å². The molecular weight excluding hydrogens is 322 g/mol. The summed E-state index contributed by atoms with van der Waals surface area (Å²) < 4.78 is 5.60. The predicted octanol–water partition coefficient (Wildman–Crippen LogP) is 3.71. The number of likely N-dealkylation sites (tertiary alicyclic amines) is 1. The van der Waals surface area contributed by atoms with Crippen LogP contribution < -0.4 is 5.32 Å². The van der Waals surface area contributed by atoms with E-state index >= 15 is 0 Å². The second-order valence-corrected chi connectivity index (χ2v) is 6.88. The molecule has 0 radical (unpaired) electrons. The molecule has 26 heavy (non-hydrogen) atoms. The molecule has 1 aliphatic heterocycles. The lowest BCUT2D eigenvalue weighted by atomic mass is 10.0. The Balaban J connectivity index is 1.62. The van der Waals surface area contributed by atoms with Crippen LogP contribution in [-0.4, -0.2) is 50.3 Å². The lowest BCUT2D eigenvalue weighted by molar-refractivity contribution is 0.114. The molecule has 2 aromatic carbocycles. The highest BCUT2D eigenvalue weighted by Gasteiger charge is 2.24. The molecule has 3 rings (SSSR count). The van der Waals surface area contributed by atoms with Crippen LogP contribution in [0.4, 0.5) is 0 Å². The summed E-state index contributed by atoms with van der Waals surface area (Å²) in [4.78, 5) is 7.29. The van der Waals surface area contributed by atoms with Crippen LogP contribution in [0.3, 0.4) is 0 Å². The summed E-state index contributed by atoms with van der Waals surface area (Å²) >= 11 is 0. The Morgan fingerprint density at radius 3 is 2.88 bits per heavy atom.